The number of anilines is 1. The van der Waals surface area contributed by atoms with Gasteiger partial charge in [0.25, 0.3) is 0 Å². The fourth-order valence-electron chi connectivity index (χ4n) is 1.63. The van der Waals surface area contributed by atoms with Gasteiger partial charge in [-0.2, -0.15) is 5.26 Å². The van der Waals surface area contributed by atoms with Crippen molar-refractivity contribution in [2.45, 2.75) is 6.54 Å². The molecule has 0 saturated carbocycles. The molecule has 0 aliphatic carbocycles. The summed E-state index contributed by atoms with van der Waals surface area (Å²) >= 11 is 3.29. The third-order valence-corrected chi connectivity index (χ3v) is 3.22. The lowest BCUT2D eigenvalue weighted by Gasteiger charge is -2.10. The molecule has 0 saturated heterocycles. The molecule has 2 aromatic rings. The van der Waals surface area contributed by atoms with Gasteiger partial charge in [-0.05, 0) is 39.7 Å². The van der Waals surface area contributed by atoms with Gasteiger partial charge in [-0.3, -0.25) is 0 Å². The number of para-hydroxylation sites is 1. The normalized spacial score (nSPS) is 9.83. The van der Waals surface area contributed by atoms with Crippen LogP contribution in [-0.4, -0.2) is 0 Å². The van der Waals surface area contributed by atoms with Gasteiger partial charge >= 0.3 is 0 Å². The van der Waals surface area contributed by atoms with Crippen molar-refractivity contribution in [3.63, 3.8) is 0 Å². The molecular weight excluding hydrogens is 295 g/mol. The minimum Gasteiger partial charge on any atom is -0.378 e. The van der Waals surface area contributed by atoms with Crippen molar-refractivity contribution in [2.75, 3.05) is 5.32 Å². The van der Waals surface area contributed by atoms with E-state index in [4.69, 9.17) is 5.26 Å². The molecule has 2 nitrogen and oxygen atoms in total. The topological polar surface area (TPSA) is 35.8 Å². The van der Waals surface area contributed by atoms with Crippen molar-refractivity contribution in [1.82, 2.24) is 0 Å². The molecule has 2 rings (SSSR count). The van der Waals surface area contributed by atoms with Gasteiger partial charge < -0.3 is 5.32 Å². The van der Waals surface area contributed by atoms with E-state index in [2.05, 4.69) is 27.3 Å². The molecule has 0 radical (unpaired) electrons. The molecular formula is C14H10BrFN2. The third kappa shape index (κ3) is 2.69. The first-order valence-corrected chi connectivity index (χ1v) is 6.17. The van der Waals surface area contributed by atoms with E-state index in [1.54, 1.807) is 24.3 Å². The largest absolute Gasteiger partial charge is 0.378 e. The van der Waals surface area contributed by atoms with Crippen LogP contribution in [0.1, 0.15) is 11.1 Å². The highest BCUT2D eigenvalue weighted by molar-refractivity contribution is 9.10. The Bertz CT molecular complexity index is 585. The zero-order chi connectivity index (χ0) is 13.0. The first-order chi connectivity index (χ1) is 8.72. The Labute approximate surface area is 113 Å². The summed E-state index contributed by atoms with van der Waals surface area (Å²) in [4.78, 5) is 0. The number of nitrogens with zero attached hydrogens (tertiary/aromatic N) is 1. The fourth-order valence-corrected chi connectivity index (χ4v) is 2.12. The maximum absolute atomic E-state index is 13.6. The molecule has 0 amide bonds. The molecule has 0 bridgehead atoms. The van der Waals surface area contributed by atoms with Crippen LogP contribution in [0, 0.1) is 17.1 Å². The Hall–Kier alpha value is -1.86. The van der Waals surface area contributed by atoms with Crippen molar-refractivity contribution in [3.05, 3.63) is 63.9 Å². The molecule has 90 valence electrons. The van der Waals surface area contributed by atoms with Crippen LogP contribution in [0.4, 0.5) is 10.1 Å². The maximum atomic E-state index is 13.6. The van der Waals surface area contributed by atoms with E-state index in [0.29, 0.717) is 22.3 Å². The predicted molar refractivity (Wildman–Crippen MR) is 72.6 cm³/mol. The van der Waals surface area contributed by atoms with E-state index in [-0.39, 0.29) is 5.82 Å². The van der Waals surface area contributed by atoms with E-state index >= 15 is 0 Å². The Morgan fingerprint density at radius 2 is 1.94 bits per heavy atom. The van der Waals surface area contributed by atoms with Gasteiger partial charge in [-0.15, -0.1) is 0 Å². The van der Waals surface area contributed by atoms with Gasteiger partial charge in [0.15, 0.2) is 0 Å². The molecule has 0 aliphatic rings. The average Bonchev–Trinajstić information content (AvgIpc) is 2.38. The van der Waals surface area contributed by atoms with E-state index in [9.17, 15) is 4.39 Å². The van der Waals surface area contributed by atoms with Gasteiger partial charge in [-0.25, -0.2) is 4.39 Å². The summed E-state index contributed by atoms with van der Waals surface area (Å²) in [5, 5.41) is 12.0. The minimum atomic E-state index is -0.321. The molecule has 0 aromatic heterocycles. The van der Waals surface area contributed by atoms with Crippen molar-refractivity contribution >= 4 is 21.6 Å². The monoisotopic (exact) mass is 304 g/mol. The van der Waals surface area contributed by atoms with E-state index < -0.39 is 0 Å². The van der Waals surface area contributed by atoms with Crippen molar-refractivity contribution < 1.29 is 4.39 Å². The molecule has 0 spiro atoms. The molecule has 1 N–H and O–H groups in total. The van der Waals surface area contributed by atoms with Crippen LogP contribution in [0.5, 0.6) is 0 Å². The highest BCUT2D eigenvalue weighted by atomic mass is 79.9. The lowest BCUT2D eigenvalue weighted by atomic mass is 10.1. The van der Waals surface area contributed by atoms with Crippen LogP contribution in [-0.2, 0) is 6.54 Å². The summed E-state index contributed by atoms with van der Waals surface area (Å²) < 4.78 is 14.2. The van der Waals surface area contributed by atoms with Crippen molar-refractivity contribution in [2.24, 2.45) is 0 Å². The van der Waals surface area contributed by atoms with E-state index in [1.165, 1.54) is 6.07 Å². The summed E-state index contributed by atoms with van der Waals surface area (Å²) in [5.74, 6) is -0.321. The summed E-state index contributed by atoms with van der Waals surface area (Å²) in [7, 11) is 0. The first-order valence-electron chi connectivity index (χ1n) is 5.38. The van der Waals surface area contributed by atoms with Gasteiger partial charge in [0.2, 0.25) is 0 Å². The van der Waals surface area contributed by atoms with Crippen molar-refractivity contribution in [1.29, 1.82) is 5.26 Å². The van der Waals surface area contributed by atoms with Gasteiger partial charge in [0.1, 0.15) is 5.82 Å². The number of nitriles is 1. The number of rotatable bonds is 3. The fraction of sp³-hybridized carbons (Fsp3) is 0.0714. The van der Waals surface area contributed by atoms with Gasteiger partial charge in [0.05, 0.1) is 17.3 Å². The first kappa shape index (κ1) is 12.6. The second-order valence-corrected chi connectivity index (χ2v) is 4.57. The second-order valence-electron chi connectivity index (χ2n) is 3.72. The summed E-state index contributed by atoms with van der Waals surface area (Å²) in [6.07, 6.45) is 0. The number of hydrogen-bond donors (Lipinski definition) is 1. The highest BCUT2D eigenvalue weighted by Crippen LogP contribution is 2.25. The van der Waals surface area contributed by atoms with Crippen LogP contribution in [0.25, 0.3) is 0 Å². The van der Waals surface area contributed by atoms with Crippen LogP contribution in [0.3, 0.4) is 0 Å². The number of halogens is 2. The van der Waals surface area contributed by atoms with Crippen LogP contribution in [0.2, 0.25) is 0 Å². The Balaban J connectivity index is 2.20. The molecule has 0 heterocycles. The standard InChI is InChI=1S/C14H10BrFN2/c15-12-6-3-7-13(16)14(12)18-9-11-5-2-1-4-10(11)8-17/h1-7,18H,9H2. The maximum Gasteiger partial charge on any atom is 0.147 e. The molecule has 0 aliphatic heterocycles. The third-order valence-electron chi connectivity index (χ3n) is 2.56. The van der Waals surface area contributed by atoms with Gasteiger partial charge in [0, 0.05) is 11.0 Å². The Morgan fingerprint density at radius 1 is 1.17 bits per heavy atom. The smallest absolute Gasteiger partial charge is 0.147 e. The highest BCUT2D eigenvalue weighted by Gasteiger charge is 2.07. The SMILES string of the molecule is N#Cc1ccccc1CNc1c(F)cccc1Br. The Morgan fingerprint density at radius 3 is 2.67 bits per heavy atom. The summed E-state index contributed by atoms with van der Waals surface area (Å²) in [6, 6.07) is 14.2. The zero-order valence-corrected chi connectivity index (χ0v) is 11.0. The molecule has 18 heavy (non-hydrogen) atoms. The number of nitrogens with one attached hydrogen (secondary N) is 1. The molecule has 0 unspecified atom stereocenters. The quantitative estimate of drug-likeness (QED) is 0.927. The molecule has 0 atom stereocenters. The summed E-state index contributed by atoms with van der Waals surface area (Å²) in [5.41, 5.74) is 1.85. The van der Waals surface area contributed by atoms with Gasteiger partial charge in [-0.1, -0.05) is 24.3 Å². The molecule has 0 fully saturated rings. The van der Waals surface area contributed by atoms with Crippen molar-refractivity contribution in [3.8, 4) is 6.07 Å². The number of benzene rings is 2. The van der Waals surface area contributed by atoms with E-state index in [1.807, 2.05) is 12.1 Å². The molecule has 4 heteroatoms. The lowest BCUT2D eigenvalue weighted by molar-refractivity contribution is 0.629. The average molecular weight is 305 g/mol. The second kappa shape index (κ2) is 5.65. The lowest BCUT2D eigenvalue weighted by Crippen LogP contribution is -2.03. The number of hydrogen-bond acceptors (Lipinski definition) is 2. The van der Waals surface area contributed by atoms with Crippen LogP contribution >= 0.6 is 15.9 Å². The minimum absolute atomic E-state index is 0.321. The molecule has 2 aromatic carbocycles. The summed E-state index contributed by atoms with van der Waals surface area (Å²) in [6.45, 7) is 0.406. The van der Waals surface area contributed by atoms with Crippen LogP contribution in [0.15, 0.2) is 46.9 Å². The van der Waals surface area contributed by atoms with Crippen LogP contribution < -0.4 is 5.32 Å². The Kier molecular flexibility index (Phi) is 3.96. The zero-order valence-electron chi connectivity index (χ0n) is 9.45. The predicted octanol–water partition coefficient (Wildman–Crippen LogP) is 4.07. The van der Waals surface area contributed by atoms with E-state index in [0.717, 1.165) is 5.56 Å².